The van der Waals surface area contributed by atoms with Gasteiger partial charge in [0.1, 0.15) is 17.8 Å². The fourth-order valence-corrected chi connectivity index (χ4v) is 4.00. The standard InChI is InChI=1S/C25H21FN6O/c26-21-11-18(13-28-23(21)15-4-5-15)16-8-9-27-22(12-16)25(33)30-19-3-1-2-17(10-19)24-31-29-14-32(24)20-6-7-20/h1-3,8-15,20H,4-7H2,(H,30,33). The second kappa shape index (κ2) is 7.88. The van der Waals surface area contributed by atoms with Crippen LogP contribution in [0.3, 0.4) is 0 Å². The molecule has 3 aromatic heterocycles. The van der Waals surface area contributed by atoms with Gasteiger partial charge in [-0.3, -0.25) is 14.8 Å². The predicted octanol–water partition coefficient (Wildman–Crippen LogP) is 5.01. The zero-order chi connectivity index (χ0) is 22.4. The Balaban J connectivity index is 1.23. The van der Waals surface area contributed by atoms with E-state index in [1.807, 2.05) is 24.3 Å². The summed E-state index contributed by atoms with van der Waals surface area (Å²) in [7, 11) is 0. The fourth-order valence-electron chi connectivity index (χ4n) is 4.00. The highest BCUT2D eigenvalue weighted by Gasteiger charge is 2.28. The van der Waals surface area contributed by atoms with Crippen molar-refractivity contribution in [3.8, 4) is 22.5 Å². The van der Waals surface area contributed by atoms with Crippen molar-refractivity contribution in [3.63, 3.8) is 0 Å². The van der Waals surface area contributed by atoms with Crippen LogP contribution in [0.4, 0.5) is 10.1 Å². The summed E-state index contributed by atoms with van der Waals surface area (Å²) in [5, 5.41) is 11.2. The number of rotatable bonds is 6. The lowest BCUT2D eigenvalue weighted by atomic mass is 10.1. The van der Waals surface area contributed by atoms with Gasteiger partial charge < -0.3 is 9.88 Å². The molecule has 1 amide bonds. The van der Waals surface area contributed by atoms with Crippen molar-refractivity contribution in [2.24, 2.45) is 0 Å². The summed E-state index contributed by atoms with van der Waals surface area (Å²) in [4.78, 5) is 21.4. The van der Waals surface area contributed by atoms with E-state index in [9.17, 15) is 9.18 Å². The average Bonchev–Trinajstić information content (AvgIpc) is 3.78. The molecule has 2 saturated carbocycles. The van der Waals surface area contributed by atoms with Gasteiger partial charge in [-0.05, 0) is 61.6 Å². The fraction of sp³-hybridized carbons (Fsp3) is 0.240. The topological polar surface area (TPSA) is 85.6 Å². The molecule has 0 radical (unpaired) electrons. The Bertz CT molecular complexity index is 1360. The van der Waals surface area contributed by atoms with Gasteiger partial charge in [-0.25, -0.2) is 4.39 Å². The number of carbonyl (C=O) groups is 1. The minimum Gasteiger partial charge on any atom is -0.321 e. The molecular weight excluding hydrogens is 419 g/mol. The van der Waals surface area contributed by atoms with Crippen LogP contribution in [0.5, 0.6) is 0 Å². The van der Waals surface area contributed by atoms with Gasteiger partial charge in [-0.1, -0.05) is 12.1 Å². The Kier molecular flexibility index (Phi) is 4.71. The van der Waals surface area contributed by atoms with Crippen LogP contribution in [0.2, 0.25) is 0 Å². The van der Waals surface area contributed by atoms with E-state index >= 15 is 0 Å². The molecule has 7 nitrogen and oxygen atoms in total. The lowest BCUT2D eigenvalue weighted by Crippen LogP contribution is -2.13. The number of pyridine rings is 2. The molecule has 0 atom stereocenters. The Labute approximate surface area is 189 Å². The maximum Gasteiger partial charge on any atom is 0.274 e. The molecule has 1 aromatic carbocycles. The quantitative estimate of drug-likeness (QED) is 0.456. The molecule has 4 aromatic rings. The molecule has 6 rings (SSSR count). The van der Waals surface area contributed by atoms with E-state index in [2.05, 4.69) is 30.0 Å². The minimum atomic E-state index is -0.347. The Hall–Kier alpha value is -3.94. The van der Waals surface area contributed by atoms with Crippen molar-refractivity contribution in [2.45, 2.75) is 37.6 Å². The first-order valence-electron chi connectivity index (χ1n) is 11.1. The van der Waals surface area contributed by atoms with Crippen molar-refractivity contribution < 1.29 is 9.18 Å². The second-order valence-corrected chi connectivity index (χ2v) is 8.62. The second-order valence-electron chi connectivity index (χ2n) is 8.62. The third kappa shape index (κ3) is 4.00. The van der Waals surface area contributed by atoms with Crippen molar-refractivity contribution in [3.05, 3.63) is 78.4 Å². The third-order valence-electron chi connectivity index (χ3n) is 6.05. The number of aromatic nitrogens is 5. The first-order chi connectivity index (χ1) is 16.2. The summed E-state index contributed by atoms with van der Waals surface area (Å²) in [6, 6.07) is 12.8. The van der Waals surface area contributed by atoms with Crippen LogP contribution in [0.1, 0.15) is 53.8 Å². The smallest absolute Gasteiger partial charge is 0.274 e. The monoisotopic (exact) mass is 440 g/mol. The number of carbonyl (C=O) groups excluding carboxylic acids is 1. The van der Waals surface area contributed by atoms with Crippen LogP contribution < -0.4 is 5.32 Å². The molecule has 164 valence electrons. The van der Waals surface area contributed by atoms with Crippen molar-refractivity contribution in [1.29, 1.82) is 0 Å². The van der Waals surface area contributed by atoms with E-state index in [4.69, 9.17) is 0 Å². The number of amides is 1. The summed E-state index contributed by atoms with van der Waals surface area (Å²) >= 11 is 0. The van der Waals surface area contributed by atoms with Crippen molar-refractivity contribution in [2.75, 3.05) is 5.32 Å². The van der Waals surface area contributed by atoms with E-state index < -0.39 is 0 Å². The number of anilines is 1. The summed E-state index contributed by atoms with van der Waals surface area (Å²) in [5.74, 6) is 0.388. The third-order valence-corrected chi connectivity index (χ3v) is 6.05. The maximum atomic E-state index is 14.4. The first kappa shape index (κ1) is 19.7. The molecule has 2 aliphatic rings. The van der Waals surface area contributed by atoms with E-state index in [1.165, 1.54) is 6.07 Å². The lowest BCUT2D eigenvalue weighted by Gasteiger charge is -2.09. The maximum absolute atomic E-state index is 14.4. The summed E-state index contributed by atoms with van der Waals surface area (Å²) in [5.41, 5.74) is 3.60. The van der Waals surface area contributed by atoms with Crippen LogP contribution in [0.25, 0.3) is 22.5 Å². The van der Waals surface area contributed by atoms with Crippen molar-refractivity contribution >= 4 is 11.6 Å². The zero-order valence-corrected chi connectivity index (χ0v) is 17.8. The lowest BCUT2D eigenvalue weighted by molar-refractivity contribution is 0.102. The zero-order valence-electron chi connectivity index (χ0n) is 17.8. The number of benzene rings is 1. The minimum absolute atomic E-state index is 0.241. The molecule has 33 heavy (non-hydrogen) atoms. The van der Waals surface area contributed by atoms with E-state index in [0.29, 0.717) is 28.6 Å². The highest BCUT2D eigenvalue weighted by molar-refractivity contribution is 6.03. The average molecular weight is 440 g/mol. The first-order valence-corrected chi connectivity index (χ1v) is 11.1. The highest BCUT2D eigenvalue weighted by Crippen LogP contribution is 2.40. The van der Waals surface area contributed by atoms with Gasteiger partial charge in [0.05, 0.1) is 5.69 Å². The number of hydrogen-bond acceptors (Lipinski definition) is 5. The molecular formula is C25H21FN6O. The van der Waals surface area contributed by atoms with Crippen LogP contribution in [-0.4, -0.2) is 30.6 Å². The Morgan fingerprint density at radius 1 is 1.00 bits per heavy atom. The molecule has 0 spiro atoms. The number of nitrogens with zero attached hydrogens (tertiary/aromatic N) is 5. The molecule has 0 bridgehead atoms. The molecule has 3 heterocycles. The van der Waals surface area contributed by atoms with Gasteiger partial charge in [0, 0.05) is 41.2 Å². The predicted molar refractivity (Wildman–Crippen MR) is 121 cm³/mol. The number of nitrogens with one attached hydrogen (secondary N) is 1. The SMILES string of the molecule is O=C(Nc1cccc(-c2nncn2C2CC2)c1)c1cc(-c2cnc(C3CC3)c(F)c2)ccn1. The van der Waals surface area contributed by atoms with Crippen molar-refractivity contribution in [1.82, 2.24) is 24.7 Å². The van der Waals surface area contributed by atoms with E-state index in [0.717, 1.165) is 37.1 Å². The van der Waals surface area contributed by atoms with E-state index in [-0.39, 0.29) is 23.3 Å². The summed E-state index contributed by atoms with van der Waals surface area (Å²) in [6.07, 6.45) is 9.20. The Morgan fingerprint density at radius 2 is 1.88 bits per heavy atom. The normalized spacial score (nSPS) is 15.4. The number of hydrogen-bond donors (Lipinski definition) is 1. The largest absolute Gasteiger partial charge is 0.321 e. The van der Waals surface area contributed by atoms with E-state index in [1.54, 1.807) is 30.9 Å². The van der Waals surface area contributed by atoms with Crippen LogP contribution >= 0.6 is 0 Å². The number of halogens is 1. The summed E-state index contributed by atoms with van der Waals surface area (Å²) in [6.45, 7) is 0. The molecule has 0 aliphatic heterocycles. The van der Waals surface area contributed by atoms with Gasteiger partial charge in [0.25, 0.3) is 5.91 Å². The molecule has 2 fully saturated rings. The van der Waals surface area contributed by atoms with Crippen LogP contribution in [-0.2, 0) is 0 Å². The van der Waals surface area contributed by atoms with Gasteiger partial charge in [-0.15, -0.1) is 10.2 Å². The molecule has 8 heteroatoms. The van der Waals surface area contributed by atoms with Gasteiger partial charge >= 0.3 is 0 Å². The molecule has 2 aliphatic carbocycles. The summed E-state index contributed by atoms with van der Waals surface area (Å²) < 4.78 is 16.5. The van der Waals surface area contributed by atoms with Gasteiger partial charge in [0.2, 0.25) is 0 Å². The van der Waals surface area contributed by atoms with Crippen LogP contribution in [0, 0.1) is 5.82 Å². The molecule has 1 N–H and O–H groups in total. The Morgan fingerprint density at radius 3 is 2.67 bits per heavy atom. The van der Waals surface area contributed by atoms with Crippen LogP contribution in [0.15, 0.2) is 61.2 Å². The molecule has 0 unspecified atom stereocenters. The molecule has 0 saturated heterocycles. The van der Waals surface area contributed by atoms with Gasteiger partial charge in [-0.2, -0.15) is 0 Å². The highest BCUT2D eigenvalue weighted by atomic mass is 19.1. The van der Waals surface area contributed by atoms with Gasteiger partial charge in [0.15, 0.2) is 5.82 Å².